The molecule has 0 saturated carbocycles. The maximum Gasteiger partial charge on any atom is 0.338 e. The first-order chi connectivity index (χ1) is 13.5. The van der Waals surface area contributed by atoms with Crippen molar-refractivity contribution < 1.29 is 24.0 Å². The number of piperidine rings is 1. The van der Waals surface area contributed by atoms with Crippen molar-refractivity contribution in [3.8, 4) is 0 Å². The van der Waals surface area contributed by atoms with E-state index in [1.807, 2.05) is 4.90 Å². The van der Waals surface area contributed by atoms with Gasteiger partial charge in [-0.2, -0.15) is 0 Å². The van der Waals surface area contributed by atoms with Gasteiger partial charge in [-0.25, -0.2) is 4.79 Å². The van der Waals surface area contributed by atoms with Gasteiger partial charge in [-0.05, 0) is 30.9 Å². The molecule has 1 atom stereocenters. The molecule has 1 amide bonds. The Kier molecular flexibility index (Phi) is 6.45. The van der Waals surface area contributed by atoms with Crippen molar-refractivity contribution in [3.63, 3.8) is 0 Å². The van der Waals surface area contributed by atoms with Crippen LogP contribution < -0.4 is 4.90 Å². The topological polar surface area (TPSA) is 102 Å². The smallest absolute Gasteiger partial charge is 0.338 e. The SMILES string of the molecule is C[C@@H]1CCCN(C(=O)COC(=O)c2ccc(N3CCOCC3)c([N+](=O)[O-])c2)C1. The summed E-state index contributed by atoms with van der Waals surface area (Å²) in [6, 6.07) is 4.25. The number of esters is 1. The zero-order valence-electron chi connectivity index (χ0n) is 16.0. The van der Waals surface area contributed by atoms with Crippen LogP contribution in [0, 0.1) is 16.0 Å². The van der Waals surface area contributed by atoms with Gasteiger partial charge in [0.2, 0.25) is 0 Å². The first-order valence-electron chi connectivity index (χ1n) is 9.51. The van der Waals surface area contributed by atoms with E-state index in [2.05, 4.69) is 6.92 Å². The minimum atomic E-state index is -0.741. The van der Waals surface area contributed by atoms with Crippen LogP contribution in [0.2, 0.25) is 0 Å². The number of carbonyl (C=O) groups is 2. The Morgan fingerprint density at radius 2 is 2.04 bits per heavy atom. The predicted molar refractivity (Wildman–Crippen MR) is 101 cm³/mol. The maximum absolute atomic E-state index is 12.3. The first kappa shape index (κ1) is 20.1. The van der Waals surface area contributed by atoms with E-state index in [0.29, 0.717) is 51.0 Å². The number of likely N-dealkylation sites (tertiary alicyclic amines) is 1. The Morgan fingerprint density at radius 1 is 1.29 bits per heavy atom. The van der Waals surface area contributed by atoms with Crippen molar-refractivity contribution >= 4 is 23.3 Å². The molecule has 2 aliphatic rings. The maximum atomic E-state index is 12.3. The van der Waals surface area contributed by atoms with Gasteiger partial charge in [0, 0.05) is 32.2 Å². The fourth-order valence-corrected chi connectivity index (χ4v) is 3.59. The van der Waals surface area contributed by atoms with Crippen LogP contribution in [-0.4, -0.2) is 67.7 Å². The van der Waals surface area contributed by atoms with E-state index in [4.69, 9.17) is 9.47 Å². The number of benzene rings is 1. The summed E-state index contributed by atoms with van der Waals surface area (Å²) < 4.78 is 10.4. The van der Waals surface area contributed by atoms with Gasteiger partial charge in [0.1, 0.15) is 5.69 Å². The van der Waals surface area contributed by atoms with Crippen LogP contribution in [0.1, 0.15) is 30.1 Å². The first-order valence-corrected chi connectivity index (χ1v) is 9.51. The van der Waals surface area contributed by atoms with E-state index in [9.17, 15) is 19.7 Å². The highest BCUT2D eigenvalue weighted by molar-refractivity contribution is 5.93. The number of nitro groups is 1. The van der Waals surface area contributed by atoms with Gasteiger partial charge >= 0.3 is 5.97 Å². The van der Waals surface area contributed by atoms with E-state index < -0.39 is 10.9 Å². The number of rotatable bonds is 5. The van der Waals surface area contributed by atoms with E-state index in [0.717, 1.165) is 12.8 Å². The second kappa shape index (κ2) is 9.01. The molecule has 9 heteroatoms. The van der Waals surface area contributed by atoms with Gasteiger partial charge in [0.05, 0.1) is 23.7 Å². The largest absolute Gasteiger partial charge is 0.452 e. The van der Waals surface area contributed by atoms with Crippen molar-refractivity contribution in [2.75, 3.05) is 50.9 Å². The number of nitro benzene ring substituents is 1. The van der Waals surface area contributed by atoms with Crippen molar-refractivity contribution in [1.29, 1.82) is 0 Å². The molecule has 2 fully saturated rings. The number of morpholine rings is 1. The van der Waals surface area contributed by atoms with Crippen molar-refractivity contribution in [2.24, 2.45) is 5.92 Å². The molecule has 2 heterocycles. The molecule has 0 aliphatic carbocycles. The Balaban J connectivity index is 1.65. The third-order valence-corrected chi connectivity index (χ3v) is 5.10. The molecule has 0 aromatic heterocycles. The Hall–Kier alpha value is -2.68. The Morgan fingerprint density at radius 3 is 2.71 bits per heavy atom. The molecule has 0 N–H and O–H groups in total. The second-order valence-corrected chi connectivity index (χ2v) is 7.22. The van der Waals surface area contributed by atoms with Crippen molar-refractivity contribution in [1.82, 2.24) is 4.90 Å². The predicted octanol–water partition coefficient (Wildman–Crippen LogP) is 1.85. The summed E-state index contributed by atoms with van der Waals surface area (Å²) in [5.41, 5.74) is 0.347. The molecule has 1 aromatic carbocycles. The lowest BCUT2D eigenvalue weighted by Crippen LogP contribution is -2.41. The molecule has 2 aliphatic heterocycles. The van der Waals surface area contributed by atoms with E-state index in [1.165, 1.54) is 12.1 Å². The van der Waals surface area contributed by atoms with E-state index >= 15 is 0 Å². The summed E-state index contributed by atoms with van der Waals surface area (Å²) in [5.74, 6) is -0.543. The van der Waals surface area contributed by atoms with Gasteiger partial charge < -0.3 is 19.3 Å². The zero-order chi connectivity index (χ0) is 20.1. The molecule has 9 nitrogen and oxygen atoms in total. The van der Waals surface area contributed by atoms with Gasteiger partial charge in [0.25, 0.3) is 11.6 Å². The normalized spacial score (nSPS) is 20.0. The number of anilines is 1. The lowest BCUT2D eigenvalue weighted by molar-refractivity contribution is -0.384. The lowest BCUT2D eigenvalue weighted by atomic mass is 10.0. The molecule has 3 rings (SSSR count). The average molecular weight is 391 g/mol. The minimum Gasteiger partial charge on any atom is -0.452 e. The second-order valence-electron chi connectivity index (χ2n) is 7.22. The third kappa shape index (κ3) is 4.78. The molecule has 152 valence electrons. The van der Waals surface area contributed by atoms with Gasteiger partial charge in [0.15, 0.2) is 6.61 Å². The summed E-state index contributed by atoms with van der Waals surface area (Å²) >= 11 is 0. The zero-order valence-corrected chi connectivity index (χ0v) is 16.0. The van der Waals surface area contributed by atoms with E-state index in [1.54, 1.807) is 11.0 Å². The van der Waals surface area contributed by atoms with Crippen LogP contribution in [-0.2, 0) is 14.3 Å². The van der Waals surface area contributed by atoms with Gasteiger partial charge in [-0.3, -0.25) is 14.9 Å². The van der Waals surface area contributed by atoms with Crippen LogP contribution in [0.4, 0.5) is 11.4 Å². The molecule has 0 unspecified atom stereocenters. The van der Waals surface area contributed by atoms with Gasteiger partial charge in [-0.15, -0.1) is 0 Å². The summed E-state index contributed by atoms with van der Waals surface area (Å²) in [4.78, 5) is 39.1. The number of amides is 1. The standard InChI is InChI=1S/C19H25N3O6/c1-14-3-2-6-21(12-14)18(23)13-28-19(24)15-4-5-16(17(11-15)22(25)26)20-7-9-27-10-8-20/h4-5,11,14H,2-3,6-10,12-13H2,1H3/t14-/m1/s1. The number of ether oxygens (including phenoxy) is 2. The van der Waals surface area contributed by atoms with Crippen LogP contribution in [0.25, 0.3) is 0 Å². The molecule has 0 radical (unpaired) electrons. The van der Waals surface area contributed by atoms with Crippen LogP contribution in [0.15, 0.2) is 18.2 Å². The number of hydrogen-bond acceptors (Lipinski definition) is 7. The summed E-state index contributed by atoms with van der Waals surface area (Å²) in [7, 11) is 0. The van der Waals surface area contributed by atoms with Crippen LogP contribution in [0.3, 0.4) is 0 Å². The van der Waals surface area contributed by atoms with Crippen LogP contribution in [0.5, 0.6) is 0 Å². The molecule has 28 heavy (non-hydrogen) atoms. The lowest BCUT2D eigenvalue weighted by Gasteiger charge is -2.30. The van der Waals surface area contributed by atoms with Crippen molar-refractivity contribution in [2.45, 2.75) is 19.8 Å². The highest BCUT2D eigenvalue weighted by Gasteiger charge is 2.25. The fraction of sp³-hybridized carbons (Fsp3) is 0.579. The van der Waals surface area contributed by atoms with E-state index in [-0.39, 0.29) is 23.8 Å². The van der Waals surface area contributed by atoms with Crippen molar-refractivity contribution in [3.05, 3.63) is 33.9 Å². The number of nitrogens with zero attached hydrogens (tertiary/aromatic N) is 3. The van der Waals surface area contributed by atoms with Gasteiger partial charge in [-0.1, -0.05) is 6.92 Å². The number of carbonyl (C=O) groups excluding carboxylic acids is 2. The molecule has 0 bridgehead atoms. The highest BCUT2D eigenvalue weighted by atomic mass is 16.6. The Labute approximate surface area is 163 Å². The third-order valence-electron chi connectivity index (χ3n) is 5.10. The Bertz CT molecular complexity index is 747. The minimum absolute atomic E-state index is 0.0588. The molecule has 2 saturated heterocycles. The van der Waals surface area contributed by atoms with Crippen LogP contribution >= 0.6 is 0 Å². The average Bonchev–Trinajstić information content (AvgIpc) is 2.72. The molecule has 0 spiro atoms. The molecular formula is C19H25N3O6. The fourth-order valence-electron chi connectivity index (χ4n) is 3.59. The summed E-state index contributed by atoms with van der Waals surface area (Å²) in [6.07, 6.45) is 2.03. The quantitative estimate of drug-likeness (QED) is 0.429. The number of hydrogen-bond donors (Lipinski definition) is 0. The summed E-state index contributed by atoms with van der Waals surface area (Å²) in [6.45, 7) is 5.15. The molecule has 1 aromatic rings. The summed E-state index contributed by atoms with van der Waals surface area (Å²) in [5, 5.41) is 11.5. The monoisotopic (exact) mass is 391 g/mol. The molecular weight excluding hydrogens is 366 g/mol. The highest BCUT2D eigenvalue weighted by Crippen LogP contribution is 2.30.